The molecule has 0 aliphatic heterocycles. The summed E-state index contributed by atoms with van der Waals surface area (Å²) >= 11 is 6.04. The van der Waals surface area contributed by atoms with E-state index in [1.54, 1.807) is 13.0 Å². The van der Waals surface area contributed by atoms with E-state index < -0.39 is 12.1 Å². The van der Waals surface area contributed by atoms with Gasteiger partial charge in [0, 0.05) is 0 Å². The summed E-state index contributed by atoms with van der Waals surface area (Å²) in [4.78, 5) is 19.2. The summed E-state index contributed by atoms with van der Waals surface area (Å²) in [5.41, 5.74) is 6.78. The molecule has 1 atom stereocenters. The number of hydrogen-bond acceptors (Lipinski definition) is 5. The highest BCUT2D eigenvalue weighted by molar-refractivity contribution is 6.31. The van der Waals surface area contributed by atoms with E-state index in [1.807, 2.05) is 36.4 Å². The summed E-state index contributed by atoms with van der Waals surface area (Å²) in [6.45, 7) is 1.68. The molecule has 0 fully saturated rings. The minimum Gasteiger partial charge on any atom is -0.479 e. The van der Waals surface area contributed by atoms with Crippen molar-refractivity contribution in [3.63, 3.8) is 0 Å². The molecule has 0 amide bonds. The van der Waals surface area contributed by atoms with Gasteiger partial charge in [-0.15, -0.1) is 0 Å². The molecular weight excluding hydrogens is 318 g/mol. The summed E-state index contributed by atoms with van der Waals surface area (Å²) in [5, 5.41) is 9.00. The van der Waals surface area contributed by atoms with Crippen molar-refractivity contribution in [1.29, 1.82) is 0 Å². The van der Waals surface area contributed by atoms with Crippen LogP contribution in [0.1, 0.15) is 24.7 Å². The Kier molecular flexibility index (Phi) is 5.54. The number of anilines is 1. The van der Waals surface area contributed by atoms with Crippen molar-refractivity contribution >= 4 is 35.5 Å². The van der Waals surface area contributed by atoms with Gasteiger partial charge in [0.25, 0.3) is 0 Å². The molecule has 0 radical (unpaired) electrons. The molecule has 1 aromatic heterocycles. The summed E-state index contributed by atoms with van der Waals surface area (Å²) in [5.74, 6) is -0.807. The molecule has 6 nitrogen and oxygen atoms in total. The van der Waals surface area contributed by atoms with Crippen LogP contribution >= 0.6 is 11.6 Å². The van der Waals surface area contributed by atoms with Gasteiger partial charge in [-0.3, -0.25) is 0 Å². The van der Waals surface area contributed by atoms with Gasteiger partial charge in [0.15, 0.2) is 28.6 Å². The molecule has 0 spiro atoms. The average molecular weight is 334 g/mol. The Bertz CT molecular complexity index is 697. The van der Waals surface area contributed by atoms with E-state index in [0.29, 0.717) is 5.82 Å². The highest BCUT2D eigenvalue weighted by Gasteiger charge is 2.21. The van der Waals surface area contributed by atoms with E-state index in [0.717, 1.165) is 5.56 Å². The molecule has 1 aromatic carbocycles. The number of rotatable bonds is 6. The lowest BCUT2D eigenvalue weighted by atomic mass is 10.2. The Morgan fingerprint density at radius 3 is 2.61 bits per heavy atom. The maximum absolute atomic E-state index is 11.0. The molecule has 3 N–H and O–H groups in total. The number of carboxylic acids is 1. The molecule has 2 rings (SSSR count). The minimum atomic E-state index is -1.10. The minimum absolute atomic E-state index is 0.00240. The SMILES string of the molecule is CCC(Oc1c(N)nc(C=Cc2ccccc2)nc1Cl)C(=O)O. The fourth-order valence-corrected chi connectivity index (χ4v) is 2.05. The van der Waals surface area contributed by atoms with Gasteiger partial charge in [-0.1, -0.05) is 54.9 Å². The van der Waals surface area contributed by atoms with Crippen LogP contribution in [0.3, 0.4) is 0 Å². The fraction of sp³-hybridized carbons (Fsp3) is 0.188. The molecule has 0 aliphatic rings. The Balaban J connectivity index is 2.23. The summed E-state index contributed by atoms with van der Waals surface area (Å²) in [6, 6.07) is 9.60. The van der Waals surface area contributed by atoms with Crippen molar-refractivity contribution in [2.24, 2.45) is 0 Å². The predicted molar refractivity (Wildman–Crippen MR) is 89.2 cm³/mol. The van der Waals surface area contributed by atoms with Crippen molar-refractivity contribution in [2.45, 2.75) is 19.4 Å². The normalized spacial score (nSPS) is 12.3. The maximum Gasteiger partial charge on any atom is 0.344 e. The van der Waals surface area contributed by atoms with Gasteiger partial charge < -0.3 is 15.6 Å². The first-order chi connectivity index (χ1) is 11.0. The Hall–Kier alpha value is -2.60. The highest BCUT2D eigenvalue weighted by atomic mass is 35.5. The number of nitrogens with two attached hydrogens (primary N) is 1. The summed E-state index contributed by atoms with van der Waals surface area (Å²) in [6.07, 6.45) is 2.69. The lowest BCUT2D eigenvalue weighted by Gasteiger charge is -2.15. The molecule has 1 unspecified atom stereocenters. The number of carboxylic acid groups (broad SMARTS) is 1. The molecule has 2 aromatic rings. The second-order valence-corrected chi connectivity index (χ2v) is 5.04. The molecule has 23 heavy (non-hydrogen) atoms. The van der Waals surface area contributed by atoms with Gasteiger partial charge in [0.05, 0.1) is 0 Å². The largest absolute Gasteiger partial charge is 0.479 e. The number of ether oxygens (including phenoxy) is 1. The first-order valence-corrected chi connectivity index (χ1v) is 7.34. The van der Waals surface area contributed by atoms with Crippen LogP contribution in [0.15, 0.2) is 30.3 Å². The zero-order valence-electron chi connectivity index (χ0n) is 12.4. The molecule has 1 heterocycles. The van der Waals surface area contributed by atoms with Crippen LogP contribution in [-0.2, 0) is 4.79 Å². The second kappa shape index (κ2) is 7.60. The number of aromatic nitrogens is 2. The van der Waals surface area contributed by atoms with Crippen molar-refractivity contribution < 1.29 is 14.6 Å². The quantitative estimate of drug-likeness (QED) is 0.788. The molecule has 0 saturated heterocycles. The number of aliphatic carboxylic acids is 1. The molecular formula is C16H16ClN3O3. The van der Waals surface area contributed by atoms with Crippen LogP contribution in [0.2, 0.25) is 5.15 Å². The number of benzene rings is 1. The van der Waals surface area contributed by atoms with Crippen LogP contribution in [0.5, 0.6) is 5.75 Å². The topological polar surface area (TPSA) is 98.3 Å². The zero-order chi connectivity index (χ0) is 16.8. The third-order valence-electron chi connectivity index (χ3n) is 3.00. The Labute approximate surface area is 138 Å². The number of nitrogen functional groups attached to an aromatic ring is 1. The molecule has 120 valence electrons. The Morgan fingerprint density at radius 2 is 2.04 bits per heavy atom. The maximum atomic E-state index is 11.0. The van der Waals surface area contributed by atoms with Gasteiger partial charge in [0.2, 0.25) is 0 Å². The van der Waals surface area contributed by atoms with Crippen molar-refractivity contribution in [2.75, 3.05) is 5.73 Å². The van der Waals surface area contributed by atoms with Gasteiger partial charge in [-0.2, -0.15) is 0 Å². The second-order valence-electron chi connectivity index (χ2n) is 4.68. The van der Waals surface area contributed by atoms with Crippen LogP contribution in [0.25, 0.3) is 12.2 Å². The number of carbonyl (C=O) groups is 1. The summed E-state index contributed by atoms with van der Waals surface area (Å²) < 4.78 is 5.30. The molecule has 0 saturated carbocycles. The lowest BCUT2D eigenvalue weighted by molar-refractivity contribution is -0.145. The van der Waals surface area contributed by atoms with E-state index in [1.165, 1.54) is 0 Å². The van der Waals surface area contributed by atoms with E-state index >= 15 is 0 Å². The number of hydrogen-bond donors (Lipinski definition) is 2. The first kappa shape index (κ1) is 16.8. The van der Waals surface area contributed by atoms with E-state index in [4.69, 9.17) is 27.2 Å². The standard InChI is InChI=1S/C16H16ClN3O3/c1-2-11(16(21)22)23-13-14(17)19-12(20-15(13)18)9-8-10-6-4-3-5-7-10/h3-9,11H,2H2,1H3,(H,21,22)(H2,18,19,20). The molecule has 0 bridgehead atoms. The van der Waals surface area contributed by atoms with Crippen LogP contribution in [0.4, 0.5) is 5.82 Å². The Morgan fingerprint density at radius 1 is 1.35 bits per heavy atom. The van der Waals surface area contributed by atoms with Crippen molar-refractivity contribution in [1.82, 2.24) is 9.97 Å². The van der Waals surface area contributed by atoms with Crippen molar-refractivity contribution in [3.05, 3.63) is 46.9 Å². The smallest absolute Gasteiger partial charge is 0.344 e. The highest BCUT2D eigenvalue weighted by Crippen LogP contribution is 2.29. The van der Waals surface area contributed by atoms with Crippen LogP contribution < -0.4 is 10.5 Å². The van der Waals surface area contributed by atoms with E-state index in [2.05, 4.69) is 9.97 Å². The number of nitrogens with zero attached hydrogens (tertiary/aromatic N) is 2. The van der Waals surface area contributed by atoms with E-state index in [9.17, 15) is 4.79 Å². The summed E-state index contributed by atoms with van der Waals surface area (Å²) in [7, 11) is 0. The monoisotopic (exact) mass is 333 g/mol. The van der Waals surface area contributed by atoms with Gasteiger partial charge in [-0.05, 0) is 18.1 Å². The van der Waals surface area contributed by atoms with Gasteiger partial charge in [0.1, 0.15) is 0 Å². The van der Waals surface area contributed by atoms with Crippen molar-refractivity contribution in [3.8, 4) is 5.75 Å². The lowest BCUT2D eigenvalue weighted by Crippen LogP contribution is -2.26. The predicted octanol–water partition coefficient (Wildman–Crippen LogP) is 3.12. The molecule has 7 heteroatoms. The molecule has 0 aliphatic carbocycles. The number of halogens is 1. The first-order valence-electron chi connectivity index (χ1n) is 6.97. The van der Waals surface area contributed by atoms with Gasteiger partial charge in [-0.25, -0.2) is 14.8 Å². The van der Waals surface area contributed by atoms with Crippen LogP contribution in [0, 0.1) is 0 Å². The average Bonchev–Trinajstić information content (AvgIpc) is 2.53. The third-order valence-corrected chi connectivity index (χ3v) is 3.25. The van der Waals surface area contributed by atoms with E-state index in [-0.39, 0.29) is 23.1 Å². The third kappa shape index (κ3) is 4.43. The van der Waals surface area contributed by atoms with Gasteiger partial charge >= 0.3 is 5.97 Å². The zero-order valence-corrected chi connectivity index (χ0v) is 13.2. The fourth-order valence-electron chi connectivity index (χ4n) is 1.83. The van der Waals surface area contributed by atoms with Crippen LogP contribution in [-0.4, -0.2) is 27.1 Å².